The lowest BCUT2D eigenvalue weighted by Gasteiger charge is -2.19. The van der Waals surface area contributed by atoms with Crippen molar-refractivity contribution in [2.24, 2.45) is 0 Å². The number of rotatable bonds is 3. The van der Waals surface area contributed by atoms with Gasteiger partial charge in [0.15, 0.2) is 0 Å². The van der Waals surface area contributed by atoms with Crippen LogP contribution in [0.3, 0.4) is 0 Å². The average molecular weight is 300 g/mol. The normalized spacial score (nSPS) is 15.2. The summed E-state index contributed by atoms with van der Waals surface area (Å²) in [6, 6.07) is 14.3. The van der Waals surface area contributed by atoms with Crippen molar-refractivity contribution in [2.45, 2.75) is 25.1 Å². The lowest BCUT2D eigenvalue weighted by Crippen LogP contribution is -2.31. The third-order valence-electron chi connectivity index (χ3n) is 4.08. The summed E-state index contributed by atoms with van der Waals surface area (Å²) >= 11 is 6.57. The summed E-state index contributed by atoms with van der Waals surface area (Å²) in [6.45, 7) is 2.82. The van der Waals surface area contributed by atoms with E-state index in [1.807, 2.05) is 30.3 Å². The molecule has 2 aromatic rings. The molecule has 1 amide bonds. The molecule has 2 aromatic carbocycles. The Labute approximate surface area is 130 Å². The summed E-state index contributed by atoms with van der Waals surface area (Å²) in [7, 11) is 0. The fraction of sp³-hybridized carbons (Fsp3) is 0.278. The van der Waals surface area contributed by atoms with Crippen molar-refractivity contribution in [1.29, 1.82) is 0 Å². The van der Waals surface area contributed by atoms with Crippen LogP contribution in [0.15, 0.2) is 42.5 Å². The number of aryl methyl sites for hydroxylation is 1. The van der Waals surface area contributed by atoms with E-state index in [0.717, 1.165) is 36.1 Å². The number of benzene rings is 2. The molecule has 0 saturated carbocycles. The average Bonchev–Trinajstić information content (AvgIpc) is 2.50. The molecule has 1 aliphatic heterocycles. The Balaban J connectivity index is 1.85. The molecule has 3 heteroatoms. The van der Waals surface area contributed by atoms with Gasteiger partial charge in [0.05, 0.1) is 5.38 Å². The van der Waals surface area contributed by atoms with Crippen LogP contribution >= 0.6 is 11.6 Å². The van der Waals surface area contributed by atoms with Gasteiger partial charge in [0, 0.05) is 12.1 Å². The van der Waals surface area contributed by atoms with Gasteiger partial charge in [-0.2, -0.15) is 0 Å². The number of hydrogen-bond acceptors (Lipinski definition) is 1. The molecule has 1 heterocycles. The Kier molecular flexibility index (Phi) is 3.98. The van der Waals surface area contributed by atoms with Gasteiger partial charge in [-0.1, -0.05) is 36.4 Å². The molecule has 1 atom stereocenters. The van der Waals surface area contributed by atoms with Crippen molar-refractivity contribution in [3.63, 3.8) is 0 Å². The number of carbonyl (C=O) groups excluding carboxylic acids is 1. The quantitative estimate of drug-likeness (QED) is 0.858. The van der Waals surface area contributed by atoms with Crippen LogP contribution in [-0.4, -0.2) is 12.5 Å². The van der Waals surface area contributed by atoms with Crippen molar-refractivity contribution < 1.29 is 4.79 Å². The second kappa shape index (κ2) is 5.90. The zero-order chi connectivity index (χ0) is 14.8. The van der Waals surface area contributed by atoms with Gasteiger partial charge in [-0.25, -0.2) is 0 Å². The van der Waals surface area contributed by atoms with Crippen molar-refractivity contribution >= 4 is 17.5 Å². The van der Waals surface area contributed by atoms with Crippen molar-refractivity contribution in [3.8, 4) is 0 Å². The molecule has 0 aliphatic carbocycles. The molecule has 1 N–H and O–H groups in total. The Hall–Kier alpha value is -1.80. The van der Waals surface area contributed by atoms with E-state index in [-0.39, 0.29) is 11.3 Å². The Morgan fingerprint density at radius 2 is 2.05 bits per heavy atom. The zero-order valence-corrected chi connectivity index (χ0v) is 12.8. The Bertz CT molecular complexity index is 681. The number of fused-ring (bicyclic) bond motifs is 1. The minimum absolute atomic E-state index is 0.0119. The monoisotopic (exact) mass is 299 g/mol. The molecule has 2 nitrogen and oxygen atoms in total. The van der Waals surface area contributed by atoms with Crippen molar-refractivity contribution in [3.05, 3.63) is 70.3 Å². The van der Waals surface area contributed by atoms with Gasteiger partial charge in [-0.15, -0.1) is 11.6 Å². The van der Waals surface area contributed by atoms with Gasteiger partial charge >= 0.3 is 0 Å². The third kappa shape index (κ3) is 2.96. The highest BCUT2D eigenvalue weighted by Gasteiger charge is 2.19. The van der Waals surface area contributed by atoms with Crippen LogP contribution in [-0.2, 0) is 12.8 Å². The first-order chi connectivity index (χ1) is 10.1. The molecule has 0 aromatic heterocycles. The minimum atomic E-state index is -0.119. The summed E-state index contributed by atoms with van der Waals surface area (Å²) in [4.78, 5) is 11.9. The minimum Gasteiger partial charge on any atom is -0.352 e. The number of carbonyl (C=O) groups is 1. The molecule has 3 rings (SSSR count). The zero-order valence-electron chi connectivity index (χ0n) is 12.0. The Morgan fingerprint density at radius 1 is 1.24 bits per heavy atom. The molecule has 0 radical (unpaired) electrons. The van der Waals surface area contributed by atoms with Gasteiger partial charge in [-0.3, -0.25) is 4.79 Å². The topological polar surface area (TPSA) is 29.1 Å². The lowest BCUT2D eigenvalue weighted by atomic mass is 9.94. The second-order valence-corrected chi connectivity index (χ2v) is 6.05. The van der Waals surface area contributed by atoms with E-state index in [1.165, 1.54) is 11.1 Å². The summed E-state index contributed by atoms with van der Waals surface area (Å²) < 4.78 is 0. The number of amides is 1. The molecule has 0 bridgehead atoms. The van der Waals surface area contributed by atoms with E-state index >= 15 is 0 Å². The molecule has 1 aliphatic rings. The van der Waals surface area contributed by atoms with E-state index in [0.29, 0.717) is 0 Å². The fourth-order valence-corrected chi connectivity index (χ4v) is 3.08. The van der Waals surface area contributed by atoms with Crippen LogP contribution in [0.25, 0.3) is 0 Å². The fourth-order valence-electron chi connectivity index (χ4n) is 2.77. The lowest BCUT2D eigenvalue weighted by molar-refractivity contribution is 0.0946. The van der Waals surface area contributed by atoms with Crippen molar-refractivity contribution in [2.75, 3.05) is 6.54 Å². The summed E-state index contributed by atoms with van der Waals surface area (Å²) in [5.74, 6) is 0.0119. The molecule has 0 saturated heterocycles. The molecule has 0 fully saturated rings. The molecule has 0 spiro atoms. The third-order valence-corrected chi connectivity index (χ3v) is 4.49. The largest absolute Gasteiger partial charge is 0.352 e. The molecular weight excluding hydrogens is 282 g/mol. The van der Waals surface area contributed by atoms with E-state index in [1.54, 1.807) is 0 Å². The van der Waals surface area contributed by atoms with Crippen LogP contribution in [0.5, 0.6) is 0 Å². The first kappa shape index (κ1) is 14.2. The first-order valence-corrected chi connectivity index (χ1v) is 7.68. The van der Waals surface area contributed by atoms with E-state index in [9.17, 15) is 4.79 Å². The highest BCUT2D eigenvalue weighted by Crippen LogP contribution is 2.28. The van der Waals surface area contributed by atoms with E-state index in [4.69, 9.17) is 11.6 Å². The highest BCUT2D eigenvalue weighted by molar-refractivity contribution is 6.21. The molecule has 1 unspecified atom stereocenters. The SMILES string of the molecule is Cc1ccccc1CC(Cl)c1ccc2c(c1)C(=O)NCC2. The van der Waals surface area contributed by atoms with E-state index < -0.39 is 0 Å². The number of hydrogen-bond donors (Lipinski definition) is 1. The highest BCUT2D eigenvalue weighted by atomic mass is 35.5. The van der Waals surface area contributed by atoms with Gasteiger partial charge in [0.25, 0.3) is 5.91 Å². The summed E-state index contributed by atoms with van der Waals surface area (Å²) in [5.41, 5.74) is 5.39. The molecule has 21 heavy (non-hydrogen) atoms. The standard InChI is InChI=1S/C18H18ClNO/c1-12-4-2-3-5-14(12)11-17(19)15-7-6-13-8-9-20-18(21)16(13)10-15/h2-7,10,17H,8-9,11H2,1H3,(H,20,21). The summed E-state index contributed by atoms with van der Waals surface area (Å²) in [6.07, 6.45) is 1.67. The molecular formula is C18H18ClNO. The number of halogens is 1. The maximum atomic E-state index is 11.9. The number of nitrogens with one attached hydrogen (secondary N) is 1. The van der Waals surface area contributed by atoms with Gasteiger partial charge in [0.2, 0.25) is 0 Å². The van der Waals surface area contributed by atoms with Crippen LogP contribution < -0.4 is 5.32 Å². The summed E-state index contributed by atoms with van der Waals surface area (Å²) in [5, 5.41) is 2.76. The predicted octanol–water partition coefficient (Wildman–Crippen LogP) is 3.80. The van der Waals surface area contributed by atoms with Crippen LogP contribution in [0.1, 0.15) is 38.0 Å². The van der Waals surface area contributed by atoms with Gasteiger partial charge in [-0.05, 0) is 48.1 Å². The van der Waals surface area contributed by atoms with Crippen LogP contribution in [0.2, 0.25) is 0 Å². The van der Waals surface area contributed by atoms with E-state index in [2.05, 4.69) is 24.4 Å². The van der Waals surface area contributed by atoms with Crippen molar-refractivity contribution in [1.82, 2.24) is 5.32 Å². The van der Waals surface area contributed by atoms with Crippen LogP contribution in [0, 0.1) is 6.92 Å². The predicted molar refractivity (Wildman–Crippen MR) is 86.0 cm³/mol. The molecule has 108 valence electrons. The maximum absolute atomic E-state index is 11.9. The smallest absolute Gasteiger partial charge is 0.251 e. The maximum Gasteiger partial charge on any atom is 0.251 e. The second-order valence-electron chi connectivity index (χ2n) is 5.52. The van der Waals surface area contributed by atoms with Crippen LogP contribution in [0.4, 0.5) is 0 Å². The number of alkyl halides is 1. The Morgan fingerprint density at radius 3 is 2.86 bits per heavy atom. The van der Waals surface area contributed by atoms with Gasteiger partial charge in [0.1, 0.15) is 0 Å². The first-order valence-electron chi connectivity index (χ1n) is 7.25. The van der Waals surface area contributed by atoms with Gasteiger partial charge < -0.3 is 5.32 Å².